The van der Waals surface area contributed by atoms with Crippen LogP contribution in [-0.2, 0) is 0 Å². The summed E-state index contributed by atoms with van der Waals surface area (Å²) in [6.07, 6.45) is 0.863. The van der Waals surface area contributed by atoms with Gasteiger partial charge in [0, 0.05) is 0 Å². The Morgan fingerprint density at radius 2 is 1.70 bits per heavy atom. The van der Waals surface area contributed by atoms with Crippen molar-refractivity contribution >= 4 is 14.1 Å². The Kier molecular flexibility index (Phi) is 8.97. The number of carbonyl (C=O) groups excluding carboxylic acids is 1. The molecule has 1 aromatic rings. The number of methoxy groups -OCH3 is 3. The van der Waals surface area contributed by atoms with E-state index < -0.39 is 0 Å². The molecule has 0 amide bonds. The first kappa shape index (κ1) is 19.3. The molecular formula is C14H22LiO4P. The average molecular weight is 292 g/mol. The van der Waals surface area contributed by atoms with Crippen molar-refractivity contribution in [1.29, 1.82) is 0 Å². The molecule has 6 heteroatoms. The molecule has 0 heterocycles. The maximum atomic E-state index is 12.4. The monoisotopic (exact) mass is 292 g/mol. The Labute approximate surface area is 136 Å². The molecule has 0 fully saturated rings. The molecule has 0 aliphatic heterocycles. The van der Waals surface area contributed by atoms with Crippen LogP contribution >= 0.6 is 8.58 Å². The predicted octanol–water partition coefficient (Wildman–Crippen LogP) is 0.304. The van der Waals surface area contributed by atoms with Gasteiger partial charge in [0.2, 0.25) is 0 Å². The maximum absolute atomic E-state index is 12.4. The van der Waals surface area contributed by atoms with E-state index in [2.05, 4.69) is 13.8 Å². The molecule has 0 N–H and O–H groups in total. The van der Waals surface area contributed by atoms with E-state index in [-0.39, 0.29) is 34.4 Å². The molecule has 0 aromatic heterocycles. The van der Waals surface area contributed by atoms with Gasteiger partial charge in [0.05, 0.1) is 21.3 Å². The van der Waals surface area contributed by atoms with Crippen LogP contribution in [0.5, 0.6) is 17.2 Å². The number of carbonyl (C=O) groups is 1. The van der Waals surface area contributed by atoms with Gasteiger partial charge >= 0.3 is 18.9 Å². The Morgan fingerprint density at radius 3 is 2.15 bits per heavy atom. The SMILES string of the molecule is COc1ccc(OC)c(C(=O)PCC(C)C)c1OC.[H-].[Li+]. The van der Waals surface area contributed by atoms with Crippen molar-refractivity contribution < 1.29 is 39.3 Å². The van der Waals surface area contributed by atoms with Gasteiger partial charge in [0.25, 0.3) is 0 Å². The summed E-state index contributed by atoms with van der Waals surface area (Å²) in [5.74, 6) is 2.01. The van der Waals surface area contributed by atoms with E-state index in [9.17, 15) is 4.79 Å². The van der Waals surface area contributed by atoms with Crippen molar-refractivity contribution in [2.24, 2.45) is 5.92 Å². The molecule has 4 nitrogen and oxygen atoms in total. The van der Waals surface area contributed by atoms with Crippen LogP contribution in [-0.4, -0.2) is 33.0 Å². The molecule has 1 unspecified atom stereocenters. The first-order chi connectivity index (χ1) is 9.04. The third-order valence-corrected chi connectivity index (χ3v) is 4.22. The van der Waals surface area contributed by atoms with Gasteiger partial charge in [-0.3, -0.25) is 4.79 Å². The van der Waals surface area contributed by atoms with Crippen molar-refractivity contribution in [1.82, 2.24) is 0 Å². The average Bonchev–Trinajstić information content (AvgIpc) is 2.42. The Balaban J connectivity index is 0. The third-order valence-electron chi connectivity index (χ3n) is 2.63. The van der Waals surface area contributed by atoms with Crippen molar-refractivity contribution in [2.75, 3.05) is 27.5 Å². The molecule has 108 valence electrons. The van der Waals surface area contributed by atoms with Crippen molar-refractivity contribution in [3.8, 4) is 17.2 Å². The van der Waals surface area contributed by atoms with Crippen LogP contribution in [0, 0.1) is 5.92 Å². The number of ether oxygens (including phenoxy) is 3. The smallest absolute Gasteiger partial charge is 1.00 e. The standard InChI is InChI=1S/C14H21O4P.Li.H/c1-9(2)8-19-14(15)12-10(16-3)6-7-11(17-4)13(12)18-5;;/h6-7,9,19H,8H2,1-5H3;;/q;+1;-1. The van der Waals surface area contributed by atoms with Gasteiger partial charge < -0.3 is 15.6 Å². The molecule has 0 bridgehead atoms. The van der Waals surface area contributed by atoms with E-state index in [1.54, 1.807) is 26.4 Å². The van der Waals surface area contributed by atoms with Gasteiger partial charge in [-0.05, 0) is 32.8 Å². The zero-order valence-electron chi connectivity index (χ0n) is 14.1. The van der Waals surface area contributed by atoms with Crippen molar-refractivity contribution in [3.63, 3.8) is 0 Å². The summed E-state index contributed by atoms with van der Waals surface area (Å²) in [5, 5.41) is 0. The van der Waals surface area contributed by atoms with E-state index in [1.165, 1.54) is 7.11 Å². The van der Waals surface area contributed by atoms with Gasteiger partial charge in [0.1, 0.15) is 11.3 Å². The molecule has 1 aromatic carbocycles. The quantitative estimate of drug-likeness (QED) is 0.536. The largest absolute Gasteiger partial charge is 1.00 e. The van der Waals surface area contributed by atoms with E-state index >= 15 is 0 Å². The second-order valence-electron chi connectivity index (χ2n) is 4.48. The Morgan fingerprint density at radius 1 is 1.15 bits per heavy atom. The van der Waals surface area contributed by atoms with Crippen LogP contribution in [0.2, 0.25) is 0 Å². The van der Waals surface area contributed by atoms with Gasteiger partial charge in [-0.15, -0.1) is 0 Å². The van der Waals surface area contributed by atoms with Crippen LogP contribution in [0.25, 0.3) is 0 Å². The molecule has 1 atom stereocenters. The van der Waals surface area contributed by atoms with Gasteiger partial charge in [-0.1, -0.05) is 13.8 Å². The minimum absolute atomic E-state index is 0. The minimum Gasteiger partial charge on any atom is -1.00 e. The van der Waals surface area contributed by atoms with Gasteiger partial charge in [-0.25, -0.2) is 0 Å². The second-order valence-corrected chi connectivity index (χ2v) is 5.70. The fourth-order valence-corrected chi connectivity index (χ4v) is 2.69. The maximum Gasteiger partial charge on any atom is 1.00 e. The number of rotatable bonds is 7. The summed E-state index contributed by atoms with van der Waals surface area (Å²) in [5.41, 5.74) is 0.518. The molecule has 0 saturated heterocycles. The molecule has 0 radical (unpaired) electrons. The van der Waals surface area contributed by atoms with E-state index in [0.717, 1.165) is 6.16 Å². The van der Waals surface area contributed by atoms with Crippen LogP contribution in [0.15, 0.2) is 12.1 Å². The first-order valence-electron chi connectivity index (χ1n) is 6.12. The third kappa shape index (κ3) is 4.70. The Bertz CT molecular complexity index is 455. The summed E-state index contributed by atoms with van der Waals surface area (Å²) < 4.78 is 15.8. The zero-order valence-corrected chi connectivity index (χ0v) is 14.1. The summed E-state index contributed by atoms with van der Waals surface area (Å²) in [7, 11) is 4.83. The molecular weight excluding hydrogens is 270 g/mol. The first-order valence-corrected chi connectivity index (χ1v) is 7.33. The summed E-state index contributed by atoms with van der Waals surface area (Å²) in [6.45, 7) is 4.20. The molecule has 20 heavy (non-hydrogen) atoms. The van der Waals surface area contributed by atoms with Crippen LogP contribution in [0.1, 0.15) is 25.6 Å². The summed E-state index contributed by atoms with van der Waals surface area (Å²) in [4.78, 5) is 12.4. The van der Waals surface area contributed by atoms with Crippen LogP contribution in [0.3, 0.4) is 0 Å². The summed E-state index contributed by atoms with van der Waals surface area (Å²) >= 11 is 0. The fraction of sp³-hybridized carbons (Fsp3) is 0.500. The van der Waals surface area contributed by atoms with Crippen molar-refractivity contribution in [3.05, 3.63) is 17.7 Å². The number of hydrogen-bond donors (Lipinski definition) is 0. The summed E-state index contributed by atoms with van der Waals surface area (Å²) in [6, 6.07) is 3.47. The van der Waals surface area contributed by atoms with E-state index in [0.29, 0.717) is 28.7 Å². The fourth-order valence-electron chi connectivity index (χ4n) is 1.68. The van der Waals surface area contributed by atoms with Crippen molar-refractivity contribution in [2.45, 2.75) is 13.8 Å². The molecule has 0 spiro atoms. The normalized spacial score (nSPS) is 10.5. The van der Waals surface area contributed by atoms with Crippen LogP contribution in [0.4, 0.5) is 0 Å². The number of benzene rings is 1. The van der Waals surface area contributed by atoms with Gasteiger partial charge in [-0.2, -0.15) is 0 Å². The second kappa shape index (κ2) is 9.29. The Hall–Kier alpha value is -0.683. The predicted molar refractivity (Wildman–Crippen MR) is 79.6 cm³/mol. The molecule has 0 aliphatic carbocycles. The van der Waals surface area contributed by atoms with E-state index in [1.807, 2.05) is 0 Å². The van der Waals surface area contributed by atoms with E-state index in [4.69, 9.17) is 14.2 Å². The zero-order chi connectivity index (χ0) is 14.4. The topological polar surface area (TPSA) is 44.8 Å². The molecule has 0 saturated carbocycles. The molecule has 1 rings (SSSR count). The number of hydrogen-bond acceptors (Lipinski definition) is 4. The molecule has 0 aliphatic rings. The minimum atomic E-state index is 0. The van der Waals surface area contributed by atoms with Crippen LogP contribution < -0.4 is 33.1 Å². The van der Waals surface area contributed by atoms with Gasteiger partial charge in [0.15, 0.2) is 17.0 Å².